The van der Waals surface area contributed by atoms with Gasteiger partial charge in [0, 0.05) is 24.2 Å². The molecule has 0 aliphatic carbocycles. The molecule has 0 amide bonds. The lowest BCUT2D eigenvalue weighted by Crippen LogP contribution is -2.34. The second kappa shape index (κ2) is 9.88. The van der Waals surface area contributed by atoms with Gasteiger partial charge in [0.15, 0.2) is 0 Å². The first-order chi connectivity index (χ1) is 17.0. The summed E-state index contributed by atoms with van der Waals surface area (Å²) in [6.07, 6.45) is 1.94. The van der Waals surface area contributed by atoms with Crippen LogP contribution < -0.4 is 9.47 Å². The summed E-state index contributed by atoms with van der Waals surface area (Å²) in [6.45, 7) is 9.73. The van der Waals surface area contributed by atoms with Crippen molar-refractivity contribution < 1.29 is 19.7 Å². The summed E-state index contributed by atoms with van der Waals surface area (Å²) in [4.78, 5) is 2.39. The van der Waals surface area contributed by atoms with Crippen molar-refractivity contribution in [1.29, 1.82) is 0 Å². The van der Waals surface area contributed by atoms with E-state index in [1.54, 1.807) is 30.3 Å². The summed E-state index contributed by atoms with van der Waals surface area (Å²) in [7, 11) is 0. The topological polar surface area (TPSA) is 62.2 Å². The van der Waals surface area contributed by atoms with E-state index in [9.17, 15) is 10.2 Å². The van der Waals surface area contributed by atoms with Gasteiger partial charge in [0.25, 0.3) is 0 Å². The molecule has 35 heavy (non-hydrogen) atoms. The van der Waals surface area contributed by atoms with E-state index in [2.05, 4.69) is 11.5 Å². The van der Waals surface area contributed by atoms with Crippen LogP contribution in [-0.2, 0) is 0 Å². The third-order valence-corrected chi connectivity index (χ3v) is 6.75. The molecule has 2 N–H and O–H groups in total. The lowest BCUT2D eigenvalue weighted by atomic mass is 9.86. The van der Waals surface area contributed by atoms with E-state index in [1.165, 1.54) is 12.0 Å². The monoisotopic (exact) mass is 469 g/mol. The maximum Gasteiger partial charge on any atom is 0.150 e. The minimum Gasteiger partial charge on any atom is -0.508 e. The van der Waals surface area contributed by atoms with Crippen molar-refractivity contribution in [3.63, 3.8) is 0 Å². The van der Waals surface area contributed by atoms with Crippen LogP contribution in [-0.4, -0.2) is 41.4 Å². The van der Waals surface area contributed by atoms with Crippen LogP contribution in [0.5, 0.6) is 23.0 Å². The van der Waals surface area contributed by atoms with Crippen LogP contribution in [0.2, 0.25) is 0 Å². The molecule has 1 saturated heterocycles. The number of rotatable bonds is 6. The quantitative estimate of drug-likeness (QED) is 0.421. The number of fused-ring (bicyclic) bond motifs is 1. The zero-order valence-corrected chi connectivity index (χ0v) is 20.0. The number of likely N-dealkylation sites (tertiary alicyclic amines) is 1. The van der Waals surface area contributed by atoms with Crippen LogP contribution >= 0.6 is 0 Å². The SMILES string of the molecule is C=C1CCCN(CCOc2ccc(C3Oc4ccc(O)cc4C(C)=C3c3cccc(O)c3)cc2)C1. The van der Waals surface area contributed by atoms with Gasteiger partial charge >= 0.3 is 0 Å². The molecule has 180 valence electrons. The average Bonchev–Trinajstić information content (AvgIpc) is 2.85. The number of phenolic OH excluding ortho intramolecular Hbond substituents is 2. The highest BCUT2D eigenvalue weighted by Crippen LogP contribution is 2.47. The number of nitrogens with zero attached hydrogens (tertiary/aromatic N) is 1. The molecule has 0 saturated carbocycles. The van der Waals surface area contributed by atoms with E-state index in [0.29, 0.717) is 6.61 Å². The summed E-state index contributed by atoms with van der Waals surface area (Å²) < 4.78 is 12.5. The Morgan fingerprint density at radius 3 is 2.60 bits per heavy atom. The van der Waals surface area contributed by atoms with E-state index >= 15 is 0 Å². The Morgan fingerprint density at radius 1 is 1.03 bits per heavy atom. The molecule has 3 aromatic carbocycles. The maximum absolute atomic E-state index is 10.1. The van der Waals surface area contributed by atoms with Crippen molar-refractivity contribution in [3.05, 3.63) is 95.6 Å². The number of phenols is 2. The second-order valence-corrected chi connectivity index (χ2v) is 9.31. The number of hydrogen-bond acceptors (Lipinski definition) is 5. The third kappa shape index (κ3) is 5.05. The number of ether oxygens (including phenoxy) is 2. The van der Waals surface area contributed by atoms with Gasteiger partial charge in [-0.15, -0.1) is 0 Å². The Kier molecular flexibility index (Phi) is 6.51. The highest BCUT2D eigenvalue weighted by atomic mass is 16.5. The number of aromatic hydroxyl groups is 2. The molecule has 0 aromatic heterocycles. The van der Waals surface area contributed by atoms with Gasteiger partial charge in [0.2, 0.25) is 0 Å². The highest BCUT2D eigenvalue weighted by Gasteiger charge is 2.29. The first-order valence-electron chi connectivity index (χ1n) is 12.1. The number of hydrogen-bond donors (Lipinski definition) is 2. The van der Waals surface area contributed by atoms with E-state index in [-0.39, 0.29) is 17.6 Å². The number of allylic oxidation sites excluding steroid dienone is 1. The van der Waals surface area contributed by atoms with Gasteiger partial charge in [-0.3, -0.25) is 4.90 Å². The van der Waals surface area contributed by atoms with Crippen LogP contribution in [0.15, 0.2) is 78.9 Å². The molecule has 1 atom stereocenters. The van der Waals surface area contributed by atoms with Crippen molar-refractivity contribution in [2.45, 2.75) is 25.9 Å². The fraction of sp³-hybridized carbons (Fsp3) is 0.267. The largest absolute Gasteiger partial charge is 0.508 e. The Hall–Kier alpha value is -3.70. The average molecular weight is 470 g/mol. The zero-order chi connectivity index (χ0) is 24.4. The van der Waals surface area contributed by atoms with Crippen molar-refractivity contribution in [3.8, 4) is 23.0 Å². The van der Waals surface area contributed by atoms with Gasteiger partial charge in [0.05, 0.1) is 0 Å². The minimum absolute atomic E-state index is 0.191. The van der Waals surface area contributed by atoms with Crippen LogP contribution in [0.4, 0.5) is 0 Å². The van der Waals surface area contributed by atoms with Crippen molar-refractivity contribution in [2.24, 2.45) is 0 Å². The summed E-state index contributed by atoms with van der Waals surface area (Å²) >= 11 is 0. The van der Waals surface area contributed by atoms with Crippen molar-refractivity contribution in [1.82, 2.24) is 4.90 Å². The molecule has 5 rings (SSSR count). The first-order valence-corrected chi connectivity index (χ1v) is 12.1. The predicted molar refractivity (Wildman–Crippen MR) is 139 cm³/mol. The summed E-state index contributed by atoms with van der Waals surface area (Å²) in [5.74, 6) is 1.93. The Bertz CT molecular complexity index is 1260. The molecule has 2 heterocycles. The van der Waals surface area contributed by atoms with Crippen LogP contribution in [0.1, 0.15) is 42.6 Å². The molecule has 2 aliphatic rings. The normalized spacial score (nSPS) is 18.2. The molecular formula is C30H31NO4. The van der Waals surface area contributed by atoms with Gasteiger partial charge in [0.1, 0.15) is 35.7 Å². The van der Waals surface area contributed by atoms with E-state index < -0.39 is 0 Å². The molecule has 0 radical (unpaired) electrons. The Morgan fingerprint density at radius 2 is 1.83 bits per heavy atom. The van der Waals surface area contributed by atoms with E-state index in [1.807, 2.05) is 43.3 Å². The molecule has 3 aromatic rings. The zero-order valence-electron chi connectivity index (χ0n) is 20.0. The summed E-state index contributed by atoms with van der Waals surface area (Å²) in [5.41, 5.74) is 5.97. The highest BCUT2D eigenvalue weighted by molar-refractivity contribution is 5.95. The summed E-state index contributed by atoms with van der Waals surface area (Å²) in [5, 5.41) is 20.2. The molecule has 2 aliphatic heterocycles. The molecular weight excluding hydrogens is 438 g/mol. The molecule has 1 fully saturated rings. The minimum atomic E-state index is -0.359. The van der Waals surface area contributed by atoms with Gasteiger partial charge in [-0.1, -0.05) is 36.4 Å². The molecule has 5 nitrogen and oxygen atoms in total. The van der Waals surface area contributed by atoms with Crippen LogP contribution in [0, 0.1) is 0 Å². The molecule has 1 unspecified atom stereocenters. The van der Waals surface area contributed by atoms with Gasteiger partial charge in [-0.05, 0) is 85.5 Å². The molecule has 5 heteroatoms. The van der Waals surface area contributed by atoms with Crippen LogP contribution in [0.3, 0.4) is 0 Å². The standard InChI is InChI=1S/C30H31NO4/c1-20-5-4-14-31(19-20)15-16-34-26-11-8-22(9-12-26)30-29(23-6-3-7-24(32)17-23)21(2)27-18-25(33)10-13-28(27)35-30/h3,6-13,17-18,30,32-33H,1,4-5,14-16,19H2,2H3. The van der Waals surface area contributed by atoms with Gasteiger partial charge < -0.3 is 19.7 Å². The Balaban J connectivity index is 1.38. The molecule has 0 spiro atoms. The lowest BCUT2D eigenvalue weighted by Gasteiger charge is -2.31. The van der Waals surface area contributed by atoms with Crippen molar-refractivity contribution in [2.75, 3.05) is 26.2 Å². The van der Waals surface area contributed by atoms with E-state index in [0.717, 1.165) is 65.4 Å². The van der Waals surface area contributed by atoms with Gasteiger partial charge in [-0.25, -0.2) is 0 Å². The number of benzene rings is 3. The fourth-order valence-corrected chi connectivity index (χ4v) is 4.97. The lowest BCUT2D eigenvalue weighted by molar-refractivity contribution is 0.205. The van der Waals surface area contributed by atoms with E-state index in [4.69, 9.17) is 9.47 Å². The smallest absolute Gasteiger partial charge is 0.150 e. The predicted octanol–water partition coefficient (Wildman–Crippen LogP) is 6.19. The molecule has 0 bridgehead atoms. The third-order valence-electron chi connectivity index (χ3n) is 6.75. The Labute approximate surface area is 206 Å². The maximum atomic E-state index is 10.1. The first kappa shape index (κ1) is 23.1. The number of piperidine rings is 1. The van der Waals surface area contributed by atoms with Crippen LogP contribution in [0.25, 0.3) is 11.1 Å². The van der Waals surface area contributed by atoms with Crippen molar-refractivity contribution >= 4 is 11.1 Å². The second-order valence-electron chi connectivity index (χ2n) is 9.31. The summed E-state index contributed by atoms with van der Waals surface area (Å²) in [6, 6.07) is 20.4. The van der Waals surface area contributed by atoms with Gasteiger partial charge in [-0.2, -0.15) is 0 Å². The fourth-order valence-electron chi connectivity index (χ4n) is 4.97.